The minimum Gasteiger partial charge on any atom is -0.496 e. The quantitative estimate of drug-likeness (QED) is 0.918. The Morgan fingerprint density at radius 2 is 1.95 bits per heavy atom. The van der Waals surface area contributed by atoms with Gasteiger partial charge in [-0.3, -0.25) is 0 Å². The largest absolute Gasteiger partial charge is 0.496 e. The van der Waals surface area contributed by atoms with Crippen LogP contribution in [0.4, 0.5) is 0 Å². The molecule has 3 heteroatoms. The van der Waals surface area contributed by atoms with Crippen LogP contribution in [-0.2, 0) is 6.42 Å². The summed E-state index contributed by atoms with van der Waals surface area (Å²) in [6.07, 6.45) is 0.743. The van der Waals surface area contributed by atoms with Gasteiger partial charge in [-0.2, -0.15) is 0 Å². The molecule has 2 N–H and O–H groups in total. The second kappa shape index (κ2) is 6.09. The highest BCUT2D eigenvalue weighted by molar-refractivity contribution is 6.30. The molecule has 1 atom stereocenters. The predicted molar refractivity (Wildman–Crippen MR) is 79.8 cm³/mol. The fourth-order valence-electron chi connectivity index (χ4n) is 2.27. The van der Waals surface area contributed by atoms with Crippen LogP contribution in [-0.4, -0.2) is 7.11 Å². The van der Waals surface area contributed by atoms with Crippen molar-refractivity contribution >= 4 is 11.6 Å². The van der Waals surface area contributed by atoms with Crippen molar-refractivity contribution in [2.45, 2.75) is 19.4 Å². The number of methoxy groups -OCH3 is 1. The molecule has 0 saturated heterocycles. The molecule has 1 unspecified atom stereocenters. The fraction of sp³-hybridized carbons (Fsp3) is 0.250. The first-order valence-electron chi connectivity index (χ1n) is 6.25. The molecule has 2 aromatic rings. The summed E-state index contributed by atoms with van der Waals surface area (Å²) in [6, 6.07) is 13.7. The van der Waals surface area contributed by atoms with Crippen molar-refractivity contribution in [3.05, 3.63) is 64.2 Å². The fourth-order valence-corrected chi connectivity index (χ4v) is 2.50. The van der Waals surface area contributed by atoms with Gasteiger partial charge in [0, 0.05) is 11.1 Å². The highest BCUT2D eigenvalue weighted by atomic mass is 35.5. The van der Waals surface area contributed by atoms with Gasteiger partial charge in [0.15, 0.2) is 0 Å². The van der Waals surface area contributed by atoms with Gasteiger partial charge in [-0.1, -0.05) is 35.9 Å². The third kappa shape index (κ3) is 3.28. The van der Waals surface area contributed by atoms with E-state index in [0.717, 1.165) is 33.9 Å². The summed E-state index contributed by atoms with van der Waals surface area (Å²) in [5.74, 6) is 0.879. The van der Waals surface area contributed by atoms with E-state index in [1.807, 2.05) is 49.4 Å². The van der Waals surface area contributed by atoms with E-state index in [9.17, 15) is 0 Å². The Morgan fingerprint density at radius 3 is 2.63 bits per heavy atom. The summed E-state index contributed by atoms with van der Waals surface area (Å²) in [4.78, 5) is 0. The molecule has 0 aromatic heterocycles. The molecule has 0 heterocycles. The molecule has 0 bridgehead atoms. The highest BCUT2D eigenvalue weighted by Gasteiger charge is 2.12. The molecule has 0 radical (unpaired) electrons. The maximum absolute atomic E-state index is 6.30. The summed E-state index contributed by atoms with van der Waals surface area (Å²) in [5, 5.41) is 0.741. The maximum Gasteiger partial charge on any atom is 0.122 e. The molecule has 0 saturated carbocycles. The minimum absolute atomic E-state index is 0.0615. The molecule has 0 spiro atoms. The first-order chi connectivity index (χ1) is 9.11. The summed E-state index contributed by atoms with van der Waals surface area (Å²) in [6.45, 7) is 2.03. The number of halogens is 1. The van der Waals surface area contributed by atoms with Gasteiger partial charge in [0.25, 0.3) is 0 Å². The van der Waals surface area contributed by atoms with Gasteiger partial charge in [0.2, 0.25) is 0 Å². The van der Waals surface area contributed by atoms with Crippen LogP contribution >= 0.6 is 11.6 Å². The second-order valence-electron chi connectivity index (χ2n) is 4.62. The maximum atomic E-state index is 6.30. The summed E-state index contributed by atoms with van der Waals surface area (Å²) >= 11 is 5.97. The second-order valence-corrected chi connectivity index (χ2v) is 5.06. The number of hydrogen-bond donors (Lipinski definition) is 1. The number of hydrogen-bond acceptors (Lipinski definition) is 2. The lowest BCUT2D eigenvalue weighted by atomic mass is 9.96. The first kappa shape index (κ1) is 13.9. The van der Waals surface area contributed by atoms with Gasteiger partial charge in [-0.25, -0.2) is 0 Å². The summed E-state index contributed by atoms with van der Waals surface area (Å²) < 4.78 is 5.35. The van der Waals surface area contributed by atoms with Crippen LogP contribution < -0.4 is 10.5 Å². The number of para-hydroxylation sites is 1. The van der Waals surface area contributed by atoms with Crippen molar-refractivity contribution in [3.8, 4) is 5.75 Å². The van der Waals surface area contributed by atoms with E-state index in [0.29, 0.717) is 0 Å². The van der Waals surface area contributed by atoms with Crippen LogP contribution in [0.2, 0.25) is 5.02 Å². The van der Waals surface area contributed by atoms with E-state index in [1.165, 1.54) is 0 Å². The first-order valence-corrected chi connectivity index (χ1v) is 6.63. The molecule has 0 aliphatic rings. The average molecular weight is 276 g/mol. The Labute approximate surface area is 119 Å². The number of ether oxygens (including phenoxy) is 1. The SMILES string of the molecule is COc1ccccc1CC(N)c1ccc(Cl)cc1C. The molecule has 0 aliphatic carbocycles. The lowest BCUT2D eigenvalue weighted by Gasteiger charge is -2.16. The van der Waals surface area contributed by atoms with E-state index in [-0.39, 0.29) is 6.04 Å². The van der Waals surface area contributed by atoms with Crippen molar-refractivity contribution in [1.29, 1.82) is 0 Å². The zero-order valence-corrected chi connectivity index (χ0v) is 11.9. The average Bonchev–Trinajstić information content (AvgIpc) is 2.39. The molecule has 2 rings (SSSR count). The smallest absolute Gasteiger partial charge is 0.122 e. The van der Waals surface area contributed by atoms with Crippen LogP contribution in [0.25, 0.3) is 0 Å². The van der Waals surface area contributed by atoms with E-state index in [2.05, 4.69) is 0 Å². The van der Waals surface area contributed by atoms with Gasteiger partial charge in [-0.05, 0) is 48.2 Å². The molecule has 2 nitrogen and oxygen atoms in total. The molecule has 0 fully saturated rings. The number of nitrogens with two attached hydrogens (primary N) is 1. The monoisotopic (exact) mass is 275 g/mol. The highest BCUT2D eigenvalue weighted by Crippen LogP contribution is 2.26. The molecule has 2 aromatic carbocycles. The predicted octanol–water partition coefficient (Wildman–Crippen LogP) is 3.90. The third-order valence-corrected chi connectivity index (χ3v) is 3.50. The van der Waals surface area contributed by atoms with E-state index >= 15 is 0 Å². The molecular formula is C16H18ClNO. The van der Waals surface area contributed by atoms with E-state index < -0.39 is 0 Å². The number of benzene rings is 2. The molecular weight excluding hydrogens is 258 g/mol. The Bertz CT molecular complexity index is 568. The van der Waals surface area contributed by atoms with Crippen LogP contribution in [0.1, 0.15) is 22.7 Å². The van der Waals surface area contributed by atoms with Crippen molar-refractivity contribution in [1.82, 2.24) is 0 Å². The zero-order valence-electron chi connectivity index (χ0n) is 11.2. The number of aryl methyl sites for hydroxylation is 1. The normalized spacial score (nSPS) is 12.2. The van der Waals surface area contributed by atoms with Crippen molar-refractivity contribution in [2.75, 3.05) is 7.11 Å². The van der Waals surface area contributed by atoms with E-state index in [1.54, 1.807) is 7.11 Å². The Hall–Kier alpha value is -1.51. The van der Waals surface area contributed by atoms with Crippen molar-refractivity contribution in [3.63, 3.8) is 0 Å². The topological polar surface area (TPSA) is 35.2 Å². The van der Waals surface area contributed by atoms with Crippen molar-refractivity contribution in [2.24, 2.45) is 5.73 Å². The molecule has 100 valence electrons. The Morgan fingerprint density at radius 1 is 1.21 bits per heavy atom. The van der Waals surface area contributed by atoms with Gasteiger partial charge in [0.1, 0.15) is 5.75 Å². The standard InChI is InChI=1S/C16H18ClNO/c1-11-9-13(17)7-8-14(11)15(18)10-12-5-3-4-6-16(12)19-2/h3-9,15H,10,18H2,1-2H3. The Kier molecular flexibility index (Phi) is 4.46. The van der Waals surface area contributed by atoms with Crippen LogP contribution in [0, 0.1) is 6.92 Å². The summed E-state index contributed by atoms with van der Waals surface area (Å²) in [7, 11) is 1.68. The minimum atomic E-state index is -0.0615. The van der Waals surface area contributed by atoms with Gasteiger partial charge < -0.3 is 10.5 Å². The summed E-state index contributed by atoms with van der Waals surface area (Å²) in [5.41, 5.74) is 9.66. The van der Waals surface area contributed by atoms with Gasteiger partial charge >= 0.3 is 0 Å². The van der Waals surface area contributed by atoms with Crippen LogP contribution in [0.5, 0.6) is 5.75 Å². The lowest BCUT2D eigenvalue weighted by Crippen LogP contribution is -2.15. The van der Waals surface area contributed by atoms with Crippen LogP contribution in [0.15, 0.2) is 42.5 Å². The zero-order chi connectivity index (χ0) is 13.8. The van der Waals surface area contributed by atoms with Crippen LogP contribution in [0.3, 0.4) is 0 Å². The lowest BCUT2D eigenvalue weighted by molar-refractivity contribution is 0.408. The van der Waals surface area contributed by atoms with Gasteiger partial charge in [-0.15, -0.1) is 0 Å². The number of rotatable bonds is 4. The van der Waals surface area contributed by atoms with Crippen molar-refractivity contribution < 1.29 is 4.74 Å². The third-order valence-electron chi connectivity index (χ3n) is 3.26. The molecule has 0 amide bonds. The van der Waals surface area contributed by atoms with E-state index in [4.69, 9.17) is 22.1 Å². The Balaban J connectivity index is 2.23. The molecule has 19 heavy (non-hydrogen) atoms. The molecule has 0 aliphatic heterocycles. The van der Waals surface area contributed by atoms with Gasteiger partial charge in [0.05, 0.1) is 7.11 Å².